The number of benzene rings is 9. The minimum atomic E-state index is 1.15. The lowest BCUT2D eigenvalue weighted by atomic mass is 9.64. The van der Waals surface area contributed by atoms with E-state index in [1.54, 1.807) is 0 Å². The molecule has 0 saturated heterocycles. The van der Waals surface area contributed by atoms with E-state index in [2.05, 4.69) is 240 Å². The third kappa shape index (κ3) is 6.04. The number of nitrogens with zero attached hydrogens (tertiary/aromatic N) is 2. The normalized spacial score (nSPS) is 11.6. The average Bonchev–Trinajstić information content (AvgIpc) is 3.87. The third-order valence-electron chi connectivity index (χ3n) is 14.2. The van der Waals surface area contributed by atoms with E-state index in [0.717, 1.165) is 5.69 Å². The number of fused-ring (bicyclic) bond motifs is 6. The van der Waals surface area contributed by atoms with Crippen molar-refractivity contribution in [3.8, 4) is 55.9 Å². The molecule has 11 aromatic rings. The van der Waals surface area contributed by atoms with Crippen molar-refractivity contribution in [2.75, 3.05) is 0 Å². The first-order valence-corrected chi connectivity index (χ1v) is 22.2. The number of hydrogen-bond acceptors (Lipinski definition) is 0. The predicted molar refractivity (Wildman–Crippen MR) is 294 cm³/mol. The van der Waals surface area contributed by atoms with Gasteiger partial charge in [0.15, 0.2) is 0 Å². The minimum Gasteiger partial charge on any atom is -0.310 e. The summed E-state index contributed by atoms with van der Waals surface area (Å²) in [6.07, 6.45) is 0. The third-order valence-corrected chi connectivity index (χ3v) is 14.2. The van der Waals surface area contributed by atoms with Gasteiger partial charge in [-0.05, 0) is 86.8 Å². The highest BCUT2D eigenvalue weighted by atomic mass is 15.0. The standard InChI is InChI=1S/C54H43B7N2/c55-46-43(47(56)51(60)53-44(46)45-48(57)49(58)50(59)52(61)54(45)63(53)40-22-11-10-21-37(40)32-17-8-3-9-18-32)35-24-26-42-39(29-35)38-28-34(31-15-6-2-7-16-31)23-25-41(38)62(42)36-20-12-19-33(27-36)30-13-4-1-5-14-30/h1-29H,55-61H2. The van der Waals surface area contributed by atoms with E-state index in [1.807, 2.05) is 0 Å². The molecule has 290 valence electrons. The molecule has 2 aromatic heterocycles. The van der Waals surface area contributed by atoms with Crippen molar-refractivity contribution in [3.05, 3.63) is 176 Å². The van der Waals surface area contributed by atoms with Crippen LogP contribution in [-0.2, 0) is 0 Å². The zero-order valence-electron chi connectivity index (χ0n) is 37.1. The first-order chi connectivity index (χ1) is 30.7. The summed E-state index contributed by atoms with van der Waals surface area (Å²) >= 11 is 0. The van der Waals surface area contributed by atoms with Crippen molar-refractivity contribution in [2.45, 2.75) is 0 Å². The molecule has 0 saturated carbocycles. The Labute approximate surface area is 375 Å². The second-order valence-corrected chi connectivity index (χ2v) is 17.5. The molecular weight excluding hydrogens is 752 g/mol. The number of aromatic nitrogens is 2. The van der Waals surface area contributed by atoms with Gasteiger partial charge in [0.05, 0.1) is 16.7 Å². The van der Waals surface area contributed by atoms with Crippen LogP contribution >= 0.6 is 0 Å². The molecule has 2 nitrogen and oxygen atoms in total. The van der Waals surface area contributed by atoms with Crippen LogP contribution < -0.4 is 38.2 Å². The van der Waals surface area contributed by atoms with E-state index in [4.69, 9.17) is 0 Å². The summed E-state index contributed by atoms with van der Waals surface area (Å²) < 4.78 is 5.06. The predicted octanol–water partition coefficient (Wildman–Crippen LogP) is 2.36. The molecule has 0 atom stereocenters. The Morgan fingerprint density at radius 1 is 0.302 bits per heavy atom. The summed E-state index contributed by atoms with van der Waals surface area (Å²) in [7, 11) is 16.3. The topological polar surface area (TPSA) is 9.86 Å². The lowest BCUT2D eigenvalue weighted by molar-refractivity contribution is 1.18. The van der Waals surface area contributed by atoms with Crippen LogP contribution in [0, 0.1) is 0 Å². The number of hydrogen-bond donors (Lipinski definition) is 0. The molecule has 0 aliphatic carbocycles. The summed E-state index contributed by atoms with van der Waals surface area (Å²) in [5, 5.41) is 5.21. The quantitative estimate of drug-likeness (QED) is 0.229. The molecule has 2 heterocycles. The fraction of sp³-hybridized carbons (Fsp3) is 0. The minimum absolute atomic E-state index is 1.15. The summed E-state index contributed by atoms with van der Waals surface area (Å²) in [6, 6.07) is 64.5. The van der Waals surface area contributed by atoms with Gasteiger partial charge in [0, 0.05) is 38.4 Å². The Kier molecular flexibility index (Phi) is 9.35. The monoisotopic (exact) mass is 796 g/mol. The second kappa shape index (κ2) is 15.1. The van der Waals surface area contributed by atoms with Crippen molar-refractivity contribution in [1.82, 2.24) is 9.13 Å². The molecule has 0 fully saturated rings. The molecule has 63 heavy (non-hydrogen) atoms. The summed E-state index contributed by atoms with van der Waals surface area (Å²) in [6.45, 7) is 0. The number of para-hydroxylation sites is 1. The maximum atomic E-state index is 2.60. The van der Waals surface area contributed by atoms with E-state index in [1.165, 1.54) is 132 Å². The fourth-order valence-corrected chi connectivity index (χ4v) is 10.6. The van der Waals surface area contributed by atoms with Crippen molar-refractivity contribution >= 4 is 137 Å². The molecule has 0 aliphatic heterocycles. The van der Waals surface area contributed by atoms with E-state index in [9.17, 15) is 0 Å². The molecule has 11 rings (SSSR count). The zero-order chi connectivity index (χ0) is 43.1. The van der Waals surface area contributed by atoms with Gasteiger partial charge >= 0.3 is 0 Å². The Morgan fingerprint density at radius 2 is 0.778 bits per heavy atom. The molecule has 0 radical (unpaired) electrons. The number of rotatable bonds is 6. The highest BCUT2D eigenvalue weighted by Gasteiger charge is 2.26. The van der Waals surface area contributed by atoms with Crippen LogP contribution in [0.15, 0.2) is 176 Å². The SMILES string of the molecule is Bc1c(B)c(B)c2c(c1B)c1c(B)c(-c3ccc4c(c3)c3cc(-c5ccccc5)ccc3n4-c3cccc(-c4ccccc4)c3)c(B)c(B)c1n2-c1ccccc1-c1ccccc1. The first kappa shape index (κ1) is 38.9. The smallest absolute Gasteiger partial charge is 0.141 e. The molecule has 9 aromatic carbocycles. The first-order valence-electron chi connectivity index (χ1n) is 22.2. The van der Waals surface area contributed by atoms with Crippen molar-refractivity contribution < 1.29 is 0 Å². The van der Waals surface area contributed by atoms with Crippen LogP contribution in [0.5, 0.6) is 0 Å². The van der Waals surface area contributed by atoms with Gasteiger partial charge in [0.25, 0.3) is 0 Å². The van der Waals surface area contributed by atoms with Gasteiger partial charge in [-0.3, -0.25) is 0 Å². The molecule has 0 amide bonds. The van der Waals surface area contributed by atoms with E-state index in [0.29, 0.717) is 0 Å². The molecule has 0 aliphatic rings. The van der Waals surface area contributed by atoms with E-state index < -0.39 is 0 Å². The maximum absolute atomic E-state index is 2.60. The highest BCUT2D eigenvalue weighted by molar-refractivity contribution is 6.69. The molecule has 0 unspecified atom stereocenters. The Morgan fingerprint density at radius 3 is 1.41 bits per heavy atom. The Bertz CT molecular complexity index is 3630. The Hall–Kier alpha value is -6.97. The molecule has 0 N–H and O–H groups in total. The molecule has 0 spiro atoms. The molecular formula is C54H43B7N2. The van der Waals surface area contributed by atoms with Crippen molar-refractivity contribution in [3.63, 3.8) is 0 Å². The average molecular weight is 796 g/mol. The van der Waals surface area contributed by atoms with Gasteiger partial charge in [0.1, 0.15) is 54.9 Å². The molecule has 9 heteroatoms. The van der Waals surface area contributed by atoms with E-state index >= 15 is 0 Å². The van der Waals surface area contributed by atoms with Gasteiger partial charge in [-0.25, -0.2) is 0 Å². The summed E-state index contributed by atoms with van der Waals surface area (Å²) in [5.74, 6) is 0. The highest BCUT2D eigenvalue weighted by Crippen LogP contribution is 2.39. The van der Waals surface area contributed by atoms with Crippen LogP contribution in [0.4, 0.5) is 0 Å². The zero-order valence-corrected chi connectivity index (χ0v) is 37.1. The Balaban J connectivity index is 1.21. The van der Waals surface area contributed by atoms with Crippen LogP contribution in [0.1, 0.15) is 0 Å². The van der Waals surface area contributed by atoms with Gasteiger partial charge in [-0.15, -0.1) is 5.46 Å². The summed E-state index contributed by atoms with van der Waals surface area (Å²) in [5.41, 5.74) is 26.6. The van der Waals surface area contributed by atoms with Crippen LogP contribution in [0.2, 0.25) is 0 Å². The van der Waals surface area contributed by atoms with Crippen molar-refractivity contribution in [1.29, 1.82) is 0 Å². The van der Waals surface area contributed by atoms with Crippen LogP contribution in [0.25, 0.3) is 99.5 Å². The second-order valence-electron chi connectivity index (χ2n) is 17.5. The molecule has 0 bridgehead atoms. The lowest BCUT2D eigenvalue weighted by Crippen LogP contribution is -2.48. The van der Waals surface area contributed by atoms with Crippen LogP contribution in [0.3, 0.4) is 0 Å². The van der Waals surface area contributed by atoms with Gasteiger partial charge in [0.2, 0.25) is 0 Å². The van der Waals surface area contributed by atoms with Gasteiger partial charge < -0.3 is 9.13 Å². The van der Waals surface area contributed by atoms with E-state index in [-0.39, 0.29) is 0 Å². The largest absolute Gasteiger partial charge is 0.310 e. The summed E-state index contributed by atoms with van der Waals surface area (Å²) in [4.78, 5) is 0. The lowest BCUT2D eigenvalue weighted by Gasteiger charge is -2.20. The van der Waals surface area contributed by atoms with Gasteiger partial charge in [-0.1, -0.05) is 166 Å². The van der Waals surface area contributed by atoms with Crippen LogP contribution in [-0.4, -0.2) is 64.1 Å². The van der Waals surface area contributed by atoms with Gasteiger partial charge in [-0.2, -0.15) is 0 Å². The maximum Gasteiger partial charge on any atom is 0.141 e. The fourth-order valence-electron chi connectivity index (χ4n) is 10.6. The van der Waals surface area contributed by atoms with Crippen molar-refractivity contribution in [2.24, 2.45) is 0 Å².